The number of benzene rings is 4. The van der Waals surface area contributed by atoms with E-state index >= 15 is 0 Å². The van der Waals surface area contributed by atoms with Crippen molar-refractivity contribution < 1.29 is 27.4 Å². The topological polar surface area (TPSA) is 87.6 Å². The lowest BCUT2D eigenvalue weighted by Gasteiger charge is -2.45. The number of aromatic nitrogens is 2. The van der Waals surface area contributed by atoms with E-state index in [1.807, 2.05) is 80.6 Å². The molecule has 0 bridgehead atoms. The average Bonchev–Trinajstić information content (AvgIpc) is 3.16. The maximum Gasteiger partial charge on any atom is 0.308 e. The van der Waals surface area contributed by atoms with E-state index in [-0.39, 0.29) is 24.3 Å². The molecule has 10 heteroatoms. The van der Waals surface area contributed by atoms with Crippen molar-refractivity contribution in [3.63, 3.8) is 0 Å². The second kappa shape index (κ2) is 17.0. The highest BCUT2D eigenvalue weighted by Gasteiger charge is 2.52. The van der Waals surface area contributed by atoms with Crippen molar-refractivity contribution in [1.82, 2.24) is 9.97 Å². The number of carbonyl (C=O) groups is 1. The molecular weight excluding hydrogens is 703 g/mol. The molecule has 5 rings (SSSR count). The van der Waals surface area contributed by atoms with Gasteiger partial charge in [0.05, 0.1) is 42.7 Å². The Kier molecular flexibility index (Phi) is 12.6. The minimum Gasteiger partial charge on any atom is -0.469 e. The first-order valence-corrected chi connectivity index (χ1v) is 21.3. The van der Waals surface area contributed by atoms with Crippen LogP contribution in [-0.4, -0.2) is 50.7 Å². The number of carbonyl (C=O) groups excluding carboxylic acids is 1. The van der Waals surface area contributed by atoms with Gasteiger partial charge in [-0.25, -0.2) is 14.4 Å². The zero-order chi connectivity index (χ0) is 38.2. The summed E-state index contributed by atoms with van der Waals surface area (Å²) in [6.45, 7) is 10.4. The lowest BCUT2D eigenvalue weighted by atomic mass is 9.98. The number of ether oxygens (including phenoxy) is 1. The van der Waals surface area contributed by atoms with E-state index in [1.165, 1.54) is 26.4 Å². The summed E-state index contributed by atoms with van der Waals surface area (Å²) in [5.41, 5.74) is 6.00. The third-order valence-electron chi connectivity index (χ3n) is 9.11. The summed E-state index contributed by atoms with van der Waals surface area (Å²) in [6, 6.07) is 35.6. The molecule has 0 fully saturated rings. The number of hydrogen-bond acceptors (Lipinski definition) is 7. The SMILES string of the molecule is COC(=O)C[C@@H](CP(=O)(C#Cc1c(-c2ccc(F)cc2)nc(-c2ccccc2)nc1C(C)C)OC)O[Si](c1ccccc1)(c1ccccc1)C(C)(C)C. The number of methoxy groups -OCH3 is 1. The van der Waals surface area contributed by atoms with Crippen molar-refractivity contribution in [3.8, 4) is 34.2 Å². The average molecular weight is 749 g/mol. The molecule has 274 valence electrons. The molecule has 53 heavy (non-hydrogen) atoms. The number of halogens is 1. The maximum atomic E-state index is 14.8. The molecule has 7 nitrogen and oxygen atoms in total. The first-order chi connectivity index (χ1) is 25.3. The van der Waals surface area contributed by atoms with Gasteiger partial charge in [0, 0.05) is 18.2 Å². The highest BCUT2D eigenvalue weighted by atomic mass is 31.2. The van der Waals surface area contributed by atoms with E-state index in [0.29, 0.717) is 28.3 Å². The Morgan fingerprint density at radius 2 is 1.36 bits per heavy atom. The molecule has 0 radical (unpaired) electrons. The zero-order valence-corrected chi connectivity index (χ0v) is 33.2. The van der Waals surface area contributed by atoms with Crippen LogP contribution in [0.3, 0.4) is 0 Å². The molecular formula is C43H46FN2O5PSi. The van der Waals surface area contributed by atoms with Gasteiger partial charge in [-0.2, -0.15) is 0 Å². The molecule has 1 aromatic heterocycles. The van der Waals surface area contributed by atoms with Gasteiger partial charge in [0.2, 0.25) is 0 Å². The summed E-state index contributed by atoms with van der Waals surface area (Å²) < 4.78 is 47.0. The molecule has 0 aliphatic rings. The van der Waals surface area contributed by atoms with Gasteiger partial charge in [-0.05, 0) is 51.3 Å². The van der Waals surface area contributed by atoms with Crippen LogP contribution in [0.1, 0.15) is 58.2 Å². The van der Waals surface area contributed by atoms with Crippen LogP contribution in [0.2, 0.25) is 5.04 Å². The Morgan fingerprint density at radius 3 is 1.85 bits per heavy atom. The Labute approximate surface area is 313 Å². The van der Waals surface area contributed by atoms with Gasteiger partial charge in [0.1, 0.15) is 5.82 Å². The van der Waals surface area contributed by atoms with Crippen molar-refractivity contribution in [1.29, 1.82) is 0 Å². The van der Waals surface area contributed by atoms with Gasteiger partial charge in [-0.15, -0.1) is 0 Å². The van der Waals surface area contributed by atoms with E-state index in [2.05, 4.69) is 56.6 Å². The summed E-state index contributed by atoms with van der Waals surface area (Å²) in [6.07, 6.45) is -1.23. The lowest BCUT2D eigenvalue weighted by Crippen LogP contribution is -2.68. The summed E-state index contributed by atoms with van der Waals surface area (Å²) in [5, 5.41) is 1.60. The fourth-order valence-corrected chi connectivity index (χ4v) is 12.7. The van der Waals surface area contributed by atoms with Gasteiger partial charge >= 0.3 is 5.97 Å². The molecule has 0 spiro atoms. The van der Waals surface area contributed by atoms with E-state index in [0.717, 1.165) is 15.9 Å². The summed E-state index contributed by atoms with van der Waals surface area (Å²) in [4.78, 5) is 22.8. The first kappa shape index (κ1) is 39.5. The molecule has 4 aromatic carbocycles. The zero-order valence-electron chi connectivity index (χ0n) is 31.3. The number of esters is 1. The van der Waals surface area contributed by atoms with Crippen molar-refractivity contribution >= 4 is 32.0 Å². The van der Waals surface area contributed by atoms with Crippen LogP contribution in [-0.2, 0) is 23.0 Å². The van der Waals surface area contributed by atoms with E-state index in [9.17, 15) is 13.8 Å². The second-order valence-corrected chi connectivity index (χ2v) is 20.7. The third kappa shape index (κ3) is 9.09. The predicted octanol–water partition coefficient (Wildman–Crippen LogP) is 8.81. The fraction of sp³-hybridized carbons (Fsp3) is 0.279. The fourth-order valence-electron chi connectivity index (χ4n) is 6.48. The monoisotopic (exact) mass is 748 g/mol. The maximum absolute atomic E-state index is 14.8. The van der Waals surface area contributed by atoms with Crippen LogP contribution >= 0.6 is 7.37 Å². The van der Waals surface area contributed by atoms with Gasteiger partial charge in [-0.3, -0.25) is 9.36 Å². The van der Waals surface area contributed by atoms with Gasteiger partial charge in [0.15, 0.2) is 5.82 Å². The Bertz CT molecular complexity index is 2070. The van der Waals surface area contributed by atoms with Crippen molar-refractivity contribution in [2.24, 2.45) is 0 Å². The molecule has 0 saturated carbocycles. The molecule has 0 aliphatic heterocycles. The lowest BCUT2D eigenvalue weighted by molar-refractivity contribution is -0.142. The summed E-state index contributed by atoms with van der Waals surface area (Å²) in [5.74, 6) is 2.66. The summed E-state index contributed by atoms with van der Waals surface area (Å²) >= 11 is 0. The van der Waals surface area contributed by atoms with Crippen LogP contribution in [0.25, 0.3) is 22.6 Å². The van der Waals surface area contributed by atoms with Crippen LogP contribution in [0.5, 0.6) is 0 Å². The predicted molar refractivity (Wildman–Crippen MR) is 212 cm³/mol. The Balaban J connectivity index is 1.66. The van der Waals surface area contributed by atoms with Crippen LogP contribution < -0.4 is 10.4 Å². The summed E-state index contributed by atoms with van der Waals surface area (Å²) in [7, 11) is -4.36. The highest BCUT2D eigenvalue weighted by Crippen LogP contribution is 2.48. The van der Waals surface area contributed by atoms with Crippen LogP contribution in [0.4, 0.5) is 4.39 Å². The van der Waals surface area contributed by atoms with Gasteiger partial charge in [0.25, 0.3) is 15.7 Å². The third-order valence-corrected chi connectivity index (χ3v) is 16.1. The Hall–Kier alpha value is -4.71. The minimum atomic E-state index is -3.84. The molecule has 1 heterocycles. The second-order valence-electron chi connectivity index (χ2n) is 14.1. The van der Waals surface area contributed by atoms with Gasteiger partial charge in [-0.1, -0.05) is 132 Å². The largest absolute Gasteiger partial charge is 0.469 e. The van der Waals surface area contributed by atoms with E-state index in [4.69, 9.17) is 23.7 Å². The molecule has 0 aliphatic carbocycles. The van der Waals surface area contributed by atoms with E-state index < -0.39 is 32.8 Å². The molecule has 0 saturated heterocycles. The van der Waals surface area contributed by atoms with Crippen molar-refractivity contribution in [2.75, 3.05) is 20.4 Å². The molecule has 0 amide bonds. The smallest absolute Gasteiger partial charge is 0.308 e. The normalized spacial score (nSPS) is 13.5. The minimum absolute atomic E-state index is 0.101. The Morgan fingerprint density at radius 1 is 0.811 bits per heavy atom. The number of rotatable bonds is 12. The molecule has 2 atom stereocenters. The number of nitrogens with zero attached hydrogens (tertiary/aromatic N) is 2. The van der Waals surface area contributed by atoms with Crippen molar-refractivity contribution in [3.05, 3.63) is 132 Å². The van der Waals surface area contributed by atoms with Gasteiger partial charge < -0.3 is 13.7 Å². The number of hydrogen-bond donors (Lipinski definition) is 0. The first-order valence-electron chi connectivity index (χ1n) is 17.6. The molecule has 1 unspecified atom stereocenters. The van der Waals surface area contributed by atoms with Crippen LogP contribution in [0.15, 0.2) is 115 Å². The molecule has 0 N–H and O–H groups in total. The van der Waals surface area contributed by atoms with Crippen LogP contribution in [0, 0.1) is 17.4 Å². The van der Waals surface area contributed by atoms with Crippen molar-refractivity contribution in [2.45, 2.75) is 58.1 Å². The molecule has 5 aromatic rings. The highest BCUT2D eigenvalue weighted by molar-refractivity contribution is 7.64. The standard InChI is InChI=1S/C43H46FN2O5PSi/c1-31(2)40-38(41(32-23-25-34(44)26-24-32)46-42(45-40)33-17-11-8-12-18-33)27-28-52(48,50-7)30-35(29-39(47)49-6)51-53(43(3,4)5,36-19-13-9-14-20-36)37-21-15-10-16-22-37/h8-26,31,35H,29-30H2,1-7H3/t35-,52?/m0/s1. The quantitative estimate of drug-likeness (QED) is 0.0546. The van der Waals surface area contributed by atoms with E-state index in [1.54, 1.807) is 12.1 Å².